The maximum absolute atomic E-state index is 13.2. The molecule has 33 heavy (non-hydrogen) atoms. The van der Waals surface area contributed by atoms with Gasteiger partial charge in [-0.1, -0.05) is 17.7 Å². The third-order valence-electron chi connectivity index (χ3n) is 5.04. The predicted molar refractivity (Wildman–Crippen MR) is 127 cm³/mol. The second-order valence-corrected chi connectivity index (χ2v) is 10.2. The fourth-order valence-corrected chi connectivity index (χ4v) is 5.22. The highest BCUT2D eigenvalue weighted by atomic mass is 35.5. The van der Waals surface area contributed by atoms with E-state index < -0.39 is 16.1 Å². The lowest BCUT2D eigenvalue weighted by molar-refractivity contribution is 0.288. The first-order valence-corrected chi connectivity index (χ1v) is 12.1. The van der Waals surface area contributed by atoms with E-state index in [-0.39, 0.29) is 17.3 Å². The average Bonchev–Trinajstić information content (AvgIpc) is 3.14. The van der Waals surface area contributed by atoms with Crippen molar-refractivity contribution in [2.24, 2.45) is 0 Å². The van der Waals surface area contributed by atoms with Crippen molar-refractivity contribution in [3.63, 3.8) is 0 Å². The van der Waals surface area contributed by atoms with Crippen molar-refractivity contribution in [1.29, 1.82) is 0 Å². The molecule has 1 aromatic heterocycles. The molecular formula is C24H23ClFN3O3S. The molecule has 0 saturated heterocycles. The van der Waals surface area contributed by atoms with Gasteiger partial charge in [-0.2, -0.15) is 5.10 Å². The van der Waals surface area contributed by atoms with Gasteiger partial charge in [0.1, 0.15) is 18.2 Å². The molecule has 6 nitrogen and oxygen atoms in total. The Kier molecular flexibility index (Phi) is 6.43. The Hall–Kier alpha value is -2.94. The van der Waals surface area contributed by atoms with Gasteiger partial charge < -0.3 is 4.74 Å². The van der Waals surface area contributed by atoms with Gasteiger partial charge in [0.2, 0.25) is 10.0 Å². The molecule has 0 aliphatic rings. The second-order valence-electron chi connectivity index (χ2n) is 8.03. The number of aryl methyl sites for hydroxylation is 2. The molecule has 0 spiro atoms. The lowest BCUT2D eigenvalue weighted by Crippen LogP contribution is -2.36. The zero-order chi connectivity index (χ0) is 23.8. The Morgan fingerprint density at radius 2 is 1.76 bits per heavy atom. The van der Waals surface area contributed by atoms with Crippen LogP contribution in [0.3, 0.4) is 0 Å². The van der Waals surface area contributed by atoms with Crippen LogP contribution in [0.25, 0.3) is 16.6 Å². The minimum absolute atomic E-state index is 0.0847. The summed E-state index contributed by atoms with van der Waals surface area (Å²) in [5, 5.41) is 5.49. The molecule has 0 amide bonds. The van der Waals surface area contributed by atoms with E-state index in [4.69, 9.17) is 16.3 Å². The van der Waals surface area contributed by atoms with Crippen LogP contribution in [-0.2, 0) is 10.0 Å². The summed E-state index contributed by atoms with van der Waals surface area (Å²) >= 11 is 6.43. The molecule has 1 atom stereocenters. The van der Waals surface area contributed by atoms with E-state index in [1.165, 1.54) is 12.1 Å². The van der Waals surface area contributed by atoms with Gasteiger partial charge in [0.15, 0.2) is 0 Å². The molecule has 4 rings (SSSR count). The van der Waals surface area contributed by atoms with Gasteiger partial charge >= 0.3 is 0 Å². The molecule has 3 aromatic carbocycles. The fourth-order valence-electron chi connectivity index (χ4n) is 3.60. The Bertz CT molecular complexity index is 1400. The number of nitrogens with zero attached hydrogens (tertiary/aromatic N) is 2. The normalized spacial score (nSPS) is 12.8. The first-order chi connectivity index (χ1) is 15.6. The highest BCUT2D eigenvalue weighted by molar-refractivity contribution is 7.89. The number of aromatic nitrogens is 2. The zero-order valence-corrected chi connectivity index (χ0v) is 19.9. The van der Waals surface area contributed by atoms with E-state index in [9.17, 15) is 12.8 Å². The Labute approximate surface area is 197 Å². The van der Waals surface area contributed by atoms with Crippen LogP contribution >= 0.6 is 11.6 Å². The minimum Gasteiger partial charge on any atom is -0.490 e. The lowest BCUT2D eigenvalue weighted by atomic mass is 10.2. The molecule has 9 heteroatoms. The third-order valence-corrected chi connectivity index (χ3v) is 6.91. The molecule has 0 unspecified atom stereocenters. The van der Waals surface area contributed by atoms with Gasteiger partial charge in [-0.05, 0) is 80.4 Å². The summed E-state index contributed by atoms with van der Waals surface area (Å²) in [6.07, 6.45) is 1.66. The monoisotopic (exact) mass is 487 g/mol. The van der Waals surface area contributed by atoms with Crippen molar-refractivity contribution in [1.82, 2.24) is 14.5 Å². The molecule has 1 N–H and O–H groups in total. The predicted octanol–water partition coefficient (Wildman–Crippen LogP) is 5.18. The van der Waals surface area contributed by atoms with E-state index in [2.05, 4.69) is 9.82 Å². The zero-order valence-electron chi connectivity index (χ0n) is 18.3. The summed E-state index contributed by atoms with van der Waals surface area (Å²) in [4.78, 5) is 0.222. The summed E-state index contributed by atoms with van der Waals surface area (Å²) < 4.78 is 48.8. The number of hydrogen-bond donors (Lipinski definition) is 1. The smallest absolute Gasteiger partial charge is 0.240 e. The summed E-state index contributed by atoms with van der Waals surface area (Å²) in [7, 11) is -3.69. The van der Waals surface area contributed by atoms with Gasteiger partial charge in [0.05, 0.1) is 33.4 Å². The lowest BCUT2D eigenvalue weighted by Gasteiger charge is -2.16. The van der Waals surface area contributed by atoms with Crippen LogP contribution in [-0.4, -0.2) is 30.8 Å². The summed E-state index contributed by atoms with van der Waals surface area (Å²) in [6.45, 7) is 5.52. The average molecular weight is 488 g/mol. The maximum Gasteiger partial charge on any atom is 0.240 e. The highest BCUT2D eigenvalue weighted by Gasteiger charge is 2.19. The van der Waals surface area contributed by atoms with E-state index in [1.807, 2.05) is 19.9 Å². The highest BCUT2D eigenvalue weighted by Crippen LogP contribution is 2.31. The van der Waals surface area contributed by atoms with Crippen LogP contribution in [0.4, 0.5) is 4.39 Å². The van der Waals surface area contributed by atoms with Crippen molar-refractivity contribution >= 4 is 32.5 Å². The van der Waals surface area contributed by atoms with E-state index in [0.29, 0.717) is 16.5 Å². The second kappa shape index (κ2) is 9.13. The van der Waals surface area contributed by atoms with Crippen LogP contribution in [0.15, 0.2) is 65.7 Å². The molecule has 172 valence electrons. The molecule has 4 aromatic rings. The Morgan fingerprint density at radius 3 is 2.42 bits per heavy atom. The number of sulfonamides is 1. The van der Waals surface area contributed by atoms with Gasteiger partial charge in [0.25, 0.3) is 0 Å². The summed E-state index contributed by atoms with van der Waals surface area (Å²) in [5.74, 6) is 0.0893. The number of rotatable bonds is 7. The molecule has 0 radical (unpaired) electrons. The van der Waals surface area contributed by atoms with E-state index in [1.54, 1.807) is 54.2 Å². The van der Waals surface area contributed by atoms with E-state index in [0.717, 1.165) is 22.0 Å². The summed E-state index contributed by atoms with van der Waals surface area (Å²) in [6, 6.07) is 14.1. The van der Waals surface area contributed by atoms with Crippen molar-refractivity contribution < 1.29 is 17.5 Å². The maximum atomic E-state index is 13.2. The number of nitrogens with one attached hydrogen (secondary N) is 1. The van der Waals surface area contributed by atoms with Crippen LogP contribution in [0, 0.1) is 19.7 Å². The van der Waals surface area contributed by atoms with Gasteiger partial charge in [-0.3, -0.25) is 0 Å². The number of benzene rings is 3. The van der Waals surface area contributed by atoms with Crippen molar-refractivity contribution in [3.8, 4) is 11.4 Å². The third kappa shape index (κ3) is 5.19. The standard InChI is InChI=1S/C24H23ClFN3O3S/c1-15-8-16(2)10-21(9-15)33(30,31)28-17(3)14-32-24-11-18-13-27-29(23(18)12-22(24)25)20-6-4-19(26)5-7-20/h4-13,17,28H,14H2,1-3H3/t17-/m0/s1. The van der Waals surface area contributed by atoms with E-state index >= 15 is 0 Å². The van der Waals surface area contributed by atoms with Gasteiger partial charge in [0, 0.05) is 5.39 Å². The van der Waals surface area contributed by atoms with Crippen molar-refractivity contribution in [3.05, 3.63) is 82.8 Å². The van der Waals surface area contributed by atoms with Crippen molar-refractivity contribution in [2.45, 2.75) is 31.7 Å². The first kappa shape index (κ1) is 23.2. The van der Waals surface area contributed by atoms with Crippen LogP contribution in [0.1, 0.15) is 18.1 Å². The molecule has 0 aliphatic carbocycles. The Balaban J connectivity index is 1.49. The molecule has 0 bridgehead atoms. The first-order valence-electron chi connectivity index (χ1n) is 10.3. The largest absolute Gasteiger partial charge is 0.490 e. The number of hydrogen-bond acceptors (Lipinski definition) is 4. The van der Waals surface area contributed by atoms with Crippen LogP contribution < -0.4 is 9.46 Å². The molecular weight excluding hydrogens is 465 g/mol. The van der Waals surface area contributed by atoms with Crippen LogP contribution in [0.5, 0.6) is 5.75 Å². The molecule has 0 fully saturated rings. The van der Waals surface area contributed by atoms with Gasteiger partial charge in [-0.15, -0.1) is 0 Å². The molecule has 0 aliphatic heterocycles. The number of halogens is 2. The number of fused-ring (bicyclic) bond motifs is 1. The SMILES string of the molecule is Cc1cc(C)cc(S(=O)(=O)N[C@@H](C)COc2cc3cnn(-c4ccc(F)cc4)c3cc2Cl)c1. The van der Waals surface area contributed by atoms with Gasteiger partial charge in [-0.25, -0.2) is 22.2 Å². The minimum atomic E-state index is -3.69. The fraction of sp³-hybridized carbons (Fsp3) is 0.208. The molecule has 0 saturated carbocycles. The van der Waals surface area contributed by atoms with Crippen LogP contribution in [0.2, 0.25) is 5.02 Å². The molecule has 1 heterocycles. The summed E-state index contributed by atoms with van der Waals surface area (Å²) in [5.41, 5.74) is 3.19. The topological polar surface area (TPSA) is 73.2 Å². The number of ether oxygens (including phenoxy) is 1. The van der Waals surface area contributed by atoms with Crippen molar-refractivity contribution in [2.75, 3.05) is 6.61 Å². The Morgan fingerprint density at radius 1 is 1.09 bits per heavy atom. The quantitative estimate of drug-likeness (QED) is 0.390.